The van der Waals surface area contributed by atoms with Crippen LogP contribution >= 0.6 is 34.5 Å². The lowest BCUT2D eigenvalue weighted by Gasteiger charge is -2.24. The number of nitrogens with zero attached hydrogens (tertiary/aromatic N) is 2. The molecule has 0 aliphatic rings. The minimum Gasteiger partial charge on any atom is -0.480 e. The van der Waals surface area contributed by atoms with Gasteiger partial charge in [-0.2, -0.15) is 0 Å². The number of likely N-dealkylation sites (N-methyl/N-ethyl adjacent to an activating group) is 1. The molecule has 0 saturated carbocycles. The summed E-state index contributed by atoms with van der Waals surface area (Å²) in [6.07, 6.45) is 0. The van der Waals surface area contributed by atoms with Crippen molar-refractivity contribution in [3.05, 3.63) is 49.9 Å². The zero-order chi connectivity index (χ0) is 15.6. The van der Waals surface area contributed by atoms with Gasteiger partial charge < -0.3 is 5.11 Å². The molecule has 0 spiro atoms. The molecule has 2 rings (SSSR count). The fraction of sp³-hybridized carbons (Fsp3) is 0.286. The molecule has 1 atom stereocenters. The van der Waals surface area contributed by atoms with Crippen molar-refractivity contribution in [2.45, 2.75) is 19.5 Å². The number of benzene rings is 1. The Bertz CT molecular complexity index is 660. The van der Waals surface area contributed by atoms with Crippen molar-refractivity contribution in [2.75, 3.05) is 7.05 Å². The maximum atomic E-state index is 11.6. The molecule has 0 saturated heterocycles. The summed E-state index contributed by atoms with van der Waals surface area (Å²) in [7, 11) is 1.76. The summed E-state index contributed by atoms with van der Waals surface area (Å²) in [5.41, 5.74) is 3.28. The molecule has 1 N–H and O–H groups in total. The fourth-order valence-electron chi connectivity index (χ4n) is 2.06. The SMILES string of the molecule is Cc1ncsc1CN(C)C(C(=O)O)c1ccc(Cl)c(Cl)c1. The zero-order valence-corrected chi connectivity index (χ0v) is 13.8. The van der Waals surface area contributed by atoms with Gasteiger partial charge in [0.05, 0.1) is 21.2 Å². The summed E-state index contributed by atoms with van der Waals surface area (Å²) < 4.78 is 0. The minimum atomic E-state index is -0.932. The lowest BCUT2D eigenvalue weighted by atomic mass is 10.1. The lowest BCUT2D eigenvalue weighted by Crippen LogP contribution is -2.30. The van der Waals surface area contributed by atoms with E-state index in [4.69, 9.17) is 23.2 Å². The zero-order valence-electron chi connectivity index (χ0n) is 11.5. The van der Waals surface area contributed by atoms with Crippen LogP contribution in [0.2, 0.25) is 10.0 Å². The van der Waals surface area contributed by atoms with Gasteiger partial charge in [-0.15, -0.1) is 11.3 Å². The highest BCUT2D eigenvalue weighted by molar-refractivity contribution is 7.09. The summed E-state index contributed by atoms with van der Waals surface area (Å²) in [6, 6.07) is 4.10. The van der Waals surface area contributed by atoms with Gasteiger partial charge in [0.15, 0.2) is 0 Å². The number of carbonyl (C=O) groups is 1. The Kier molecular flexibility index (Phi) is 5.22. The van der Waals surface area contributed by atoms with Crippen molar-refractivity contribution >= 4 is 40.5 Å². The molecular formula is C14H14Cl2N2O2S. The summed E-state index contributed by atoms with van der Waals surface area (Å²) in [5.74, 6) is -0.932. The van der Waals surface area contributed by atoms with Crippen LogP contribution in [0.5, 0.6) is 0 Å². The first-order chi connectivity index (χ1) is 9.90. The Morgan fingerprint density at radius 2 is 2.14 bits per heavy atom. The molecule has 0 aliphatic carbocycles. The van der Waals surface area contributed by atoms with Crippen molar-refractivity contribution < 1.29 is 9.90 Å². The van der Waals surface area contributed by atoms with Crippen LogP contribution in [0, 0.1) is 6.92 Å². The second-order valence-electron chi connectivity index (χ2n) is 4.69. The van der Waals surface area contributed by atoms with Crippen LogP contribution in [0.3, 0.4) is 0 Å². The van der Waals surface area contributed by atoms with E-state index in [0.717, 1.165) is 10.6 Å². The van der Waals surface area contributed by atoms with Crippen LogP contribution in [-0.2, 0) is 11.3 Å². The van der Waals surface area contributed by atoms with Gasteiger partial charge in [0.1, 0.15) is 6.04 Å². The maximum Gasteiger partial charge on any atom is 0.325 e. The Morgan fingerprint density at radius 3 is 2.67 bits per heavy atom. The van der Waals surface area contributed by atoms with Crippen molar-refractivity contribution in [2.24, 2.45) is 0 Å². The number of rotatable bonds is 5. The van der Waals surface area contributed by atoms with E-state index < -0.39 is 12.0 Å². The number of carboxylic acid groups (broad SMARTS) is 1. The lowest BCUT2D eigenvalue weighted by molar-refractivity contribution is -0.143. The van der Waals surface area contributed by atoms with Gasteiger partial charge in [-0.3, -0.25) is 9.69 Å². The normalized spacial score (nSPS) is 12.6. The van der Waals surface area contributed by atoms with Gasteiger partial charge >= 0.3 is 5.97 Å². The van der Waals surface area contributed by atoms with E-state index in [1.165, 1.54) is 11.3 Å². The van der Waals surface area contributed by atoms with E-state index in [1.807, 2.05) is 6.92 Å². The van der Waals surface area contributed by atoms with Gasteiger partial charge in [0, 0.05) is 11.4 Å². The predicted octanol–water partition coefficient (Wildman–Crippen LogP) is 4.02. The molecule has 112 valence electrons. The number of aromatic nitrogens is 1. The smallest absolute Gasteiger partial charge is 0.325 e. The van der Waals surface area contributed by atoms with Crippen molar-refractivity contribution in [3.63, 3.8) is 0 Å². The highest BCUT2D eigenvalue weighted by atomic mass is 35.5. The molecule has 2 aromatic rings. The Morgan fingerprint density at radius 1 is 1.43 bits per heavy atom. The molecule has 0 bridgehead atoms. The van der Waals surface area contributed by atoms with Gasteiger partial charge in [0.2, 0.25) is 0 Å². The van der Waals surface area contributed by atoms with E-state index >= 15 is 0 Å². The average Bonchev–Trinajstić information content (AvgIpc) is 2.79. The molecule has 0 radical (unpaired) electrons. The van der Waals surface area contributed by atoms with E-state index in [9.17, 15) is 9.90 Å². The van der Waals surface area contributed by atoms with E-state index in [2.05, 4.69) is 4.98 Å². The third-order valence-corrected chi connectivity index (χ3v) is 4.83. The first-order valence-electron chi connectivity index (χ1n) is 6.17. The van der Waals surface area contributed by atoms with Crippen LogP contribution in [0.1, 0.15) is 22.2 Å². The fourth-order valence-corrected chi connectivity index (χ4v) is 3.21. The van der Waals surface area contributed by atoms with Crippen LogP contribution < -0.4 is 0 Å². The van der Waals surface area contributed by atoms with Gasteiger partial charge in [-0.1, -0.05) is 29.3 Å². The molecule has 4 nitrogen and oxygen atoms in total. The molecule has 1 aromatic heterocycles. The molecule has 21 heavy (non-hydrogen) atoms. The summed E-state index contributed by atoms with van der Waals surface area (Å²) in [4.78, 5) is 18.6. The highest BCUT2D eigenvalue weighted by Gasteiger charge is 2.26. The quantitative estimate of drug-likeness (QED) is 0.889. The van der Waals surface area contributed by atoms with Gasteiger partial charge in [-0.05, 0) is 31.7 Å². The van der Waals surface area contributed by atoms with Crippen LogP contribution in [-0.4, -0.2) is 28.0 Å². The molecule has 1 heterocycles. The molecule has 1 aromatic carbocycles. The molecule has 7 heteroatoms. The highest BCUT2D eigenvalue weighted by Crippen LogP contribution is 2.29. The number of thiazole rings is 1. The molecule has 1 unspecified atom stereocenters. The van der Waals surface area contributed by atoms with Crippen molar-refractivity contribution in [1.82, 2.24) is 9.88 Å². The van der Waals surface area contributed by atoms with Crippen LogP contribution in [0.15, 0.2) is 23.7 Å². The summed E-state index contributed by atoms with van der Waals surface area (Å²) in [5, 5.41) is 10.3. The molecular weight excluding hydrogens is 331 g/mol. The Balaban J connectivity index is 2.28. The predicted molar refractivity (Wildman–Crippen MR) is 85.2 cm³/mol. The molecule has 0 aliphatic heterocycles. The number of carboxylic acids is 1. The van der Waals surface area contributed by atoms with Crippen molar-refractivity contribution in [1.29, 1.82) is 0 Å². The third-order valence-electron chi connectivity index (χ3n) is 3.17. The van der Waals surface area contributed by atoms with E-state index in [1.54, 1.807) is 35.7 Å². The average molecular weight is 345 g/mol. The Labute approximate surface area is 136 Å². The second kappa shape index (κ2) is 6.75. The number of hydrogen-bond acceptors (Lipinski definition) is 4. The number of halogens is 2. The minimum absolute atomic E-state index is 0.350. The van der Waals surface area contributed by atoms with Gasteiger partial charge in [0.25, 0.3) is 0 Å². The molecule has 0 fully saturated rings. The molecule has 0 amide bonds. The first kappa shape index (κ1) is 16.2. The monoisotopic (exact) mass is 344 g/mol. The Hall–Kier alpha value is -1.14. The third kappa shape index (κ3) is 3.74. The van der Waals surface area contributed by atoms with Crippen LogP contribution in [0.25, 0.3) is 0 Å². The largest absolute Gasteiger partial charge is 0.480 e. The summed E-state index contributed by atoms with van der Waals surface area (Å²) >= 11 is 13.4. The number of aliphatic carboxylic acids is 1. The van der Waals surface area contributed by atoms with Crippen LogP contribution in [0.4, 0.5) is 0 Å². The van der Waals surface area contributed by atoms with E-state index in [0.29, 0.717) is 22.2 Å². The number of aryl methyl sites for hydroxylation is 1. The van der Waals surface area contributed by atoms with Gasteiger partial charge in [-0.25, -0.2) is 4.98 Å². The van der Waals surface area contributed by atoms with Crippen molar-refractivity contribution in [3.8, 4) is 0 Å². The standard InChI is InChI=1S/C14H14Cl2N2O2S/c1-8-12(21-7-17-8)6-18(2)13(14(19)20)9-3-4-10(15)11(16)5-9/h3-5,7,13H,6H2,1-2H3,(H,19,20). The first-order valence-corrected chi connectivity index (χ1v) is 7.80. The number of hydrogen-bond donors (Lipinski definition) is 1. The summed E-state index contributed by atoms with van der Waals surface area (Å²) in [6.45, 7) is 2.42. The maximum absolute atomic E-state index is 11.6. The topological polar surface area (TPSA) is 53.4 Å². The van der Waals surface area contributed by atoms with E-state index in [-0.39, 0.29) is 0 Å². The second-order valence-corrected chi connectivity index (χ2v) is 6.44.